The summed E-state index contributed by atoms with van der Waals surface area (Å²) in [5.74, 6) is -0.530. The first-order valence-electron chi connectivity index (χ1n) is 11.1. The number of amides is 2. The van der Waals surface area contributed by atoms with Gasteiger partial charge < -0.3 is 15.4 Å². The molecule has 0 saturated heterocycles. The number of halogens is 2. The van der Waals surface area contributed by atoms with Crippen molar-refractivity contribution in [2.75, 3.05) is 17.7 Å². The number of ether oxygens (including phenoxy) is 1. The minimum atomic E-state index is -0.460. The van der Waals surface area contributed by atoms with Crippen LogP contribution >= 0.6 is 35.0 Å². The fourth-order valence-electron chi connectivity index (χ4n) is 3.14. The number of aromatic nitrogens is 3. The topological polar surface area (TPSA) is 126 Å². The van der Waals surface area contributed by atoms with Crippen LogP contribution in [0, 0.1) is 5.92 Å². The van der Waals surface area contributed by atoms with E-state index in [1.54, 1.807) is 43.3 Å². The van der Waals surface area contributed by atoms with Crippen molar-refractivity contribution < 1.29 is 19.1 Å². The Morgan fingerprint density at radius 2 is 1.83 bits per heavy atom. The molecule has 190 valence electrons. The molecule has 0 fully saturated rings. The van der Waals surface area contributed by atoms with Gasteiger partial charge in [0.1, 0.15) is 5.82 Å². The molecular formula is C24H25Cl2N5O4S. The van der Waals surface area contributed by atoms with Gasteiger partial charge in [0.05, 0.1) is 34.6 Å². The molecule has 12 heteroatoms. The number of carbonyl (C=O) groups excluding carboxylic acids is 3. The zero-order valence-electron chi connectivity index (χ0n) is 19.8. The van der Waals surface area contributed by atoms with E-state index in [4.69, 9.17) is 27.9 Å². The van der Waals surface area contributed by atoms with E-state index in [9.17, 15) is 14.4 Å². The molecule has 0 radical (unpaired) electrons. The van der Waals surface area contributed by atoms with Crippen LogP contribution in [0.1, 0.15) is 53.4 Å². The first-order chi connectivity index (χ1) is 17.2. The van der Waals surface area contributed by atoms with Gasteiger partial charge in [0.25, 0.3) is 5.91 Å². The highest BCUT2D eigenvalue weighted by atomic mass is 35.5. The zero-order chi connectivity index (χ0) is 26.2. The Morgan fingerprint density at radius 1 is 1.11 bits per heavy atom. The normalized spacial score (nSPS) is 11.7. The first kappa shape index (κ1) is 27.5. The number of hydrogen-bond donors (Lipinski definition) is 3. The molecule has 0 aliphatic carbocycles. The molecule has 3 rings (SSSR count). The maximum Gasteiger partial charge on any atom is 0.338 e. The van der Waals surface area contributed by atoms with Gasteiger partial charge in [0, 0.05) is 10.7 Å². The van der Waals surface area contributed by atoms with E-state index >= 15 is 0 Å². The molecule has 36 heavy (non-hydrogen) atoms. The van der Waals surface area contributed by atoms with Crippen LogP contribution in [0.4, 0.5) is 5.69 Å². The number of esters is 1. The first-order valence-corrected chi connectivity index (χ1v) is 12.8. The number of benzene rings is 2. The number of nitrogens with one attached hydrogen (secondary N) is 3. The van der Waals surface area contributed by atoms with Gasteiger partial charge in [-0.3, -0.25) is 14.7 Å². The Labute approximate surface area is 222 Å². The smallest absolute Gasteiger partial charge is 0.338 e. The summed E-state index contributed by atoms with van der Waals surface area (Å²) in [5, 5.41) is 13.7. The fourth-order valence-corrected chi connectivity index (χ4v) is 4.24. The second kappa shape index (κ2) is 12.8. The largest absolute Gasteiger partial charge is 0.462 e. The van der Waals surface area contributed by atoms with E-state index in [2.05, 4.69) is 25.8 Å². The number of H-pyrrole nitrogens is 1. The molecule has 0 aliphatic rings. The lowest BCUT2D eigenvalue weighted by Gasteiger charge is -2.20. The van der Waals surface area contributed by atoms with E-state index in [1.165, 1.54) is 6.07 Å². The van der Waals surface area contributed by atoms with Crippen LogP contribution in [-0.2, 0) is 9.53 Å². The molecule has 1 aromatic heterocycles. The third kappa shape index (κ3) is 7.46. The molecule has 0 unspecified atom stereocenters. The number of aromatic amines is 1. The van der Waals surface area contributed by atoms with E-state index in [0.29, 0.717) is 39.4 Å². The highest BCUT2D eigenvalue weighted by molar-refractivity contribution is 7.99. The third-order valence-electron chi connectivity index (χ3n) is 4.92. The lowest BCUT2D eigenvalue weighted by molar-refractivity contribution is -0.113. The van der Waals surface area contributed by atoms with Crippen molar-refractivity contribution in [3.63, 3.8) is 0 Å². The third-order valence-corrected chi connectivity index (χ3v) is 6.31. The van der Waals surface area contributed by atoms with Gasteiger partial charge in [-0.1, -0.05) is 48.8 Å². The Morgan fingerprint density at radius 3 is 2.47 bits per heavy atom. The average molecular weight is 550 g/mol. The summed E-state index contributed by atoms with van der Waals surface area (Å²) in [7, 11) is 0. The highest BCUT2D eigenvalue weighted by Crippen LogP contribution is 2.25. The molecule has 3 aromatic rings. The van der Waals surface area contributed by atoms with Gasteiger partial charge in [-0.2, -0.15) is 0 Å². The Kier molecular flexibility index (Phi) is 9.74. The second-order valence-electron chi connectivity index (χ2n) is 7.96. The number of carbonyl (C=O) groups is 3. The van der Waals surface area contributed by atoms with E-state index in [0.717, 1.165) is 11.8 Å². The van der Waals surface area contributed by atoms with Gasteiger partial charge in [0.2, 0.25) is 11.1 Å². The highest BCUT2D eigenvalue weighted by Gasteiger charge is 2.24. The average Bonchev–Trinajstić information content (AvgIpc) is 3.30. The summed E-state index contributed by atoms with van der Waals surface area (Å²) in [6.45, 7) is 5.89. The summed E-state index contributed by atoms with van der Waals surface area (Å²) in [4.78, 5) is 41.3. The summed E-state index contributed by atoms with van der Waals surface area (Å²) >= 11 is 13.2. The molecule has 2 aromatic carbocycles. The number of anilines is 1. The predicted octanol–water partition coefficient (Wildman–Crippen LogP) is 5.15. The van der Waals surface area contributed by atoms with E-state index in [1.807, 2.05) is 13.8 Å². The quantitative estimate of drug-likeness (QED) is 0.236. The maximum atomic E-state index is 12.8. The van der Waals surface area contributed by atoms with Crippen LogP contribution in [0.25, 0.3) is 0 Å². The van der Waals surface area contributed by atoms with Gasteiger partial charge in [-0.25, -0.2) is 9.78 Å². The molecular weight excluding hydrogens is 525 g/mol. The van der Waals surface area contributed by atoms with Gasteiger partial charge >= 0.3 is 5.97 Å². The number of rotatable bonds is 10. The maximum absolute atomic E-state index is 12.8. The number of nitrogens with zero attached hydrogens (tertiary/aromatic N) is 2. The summed E-state index contributed by atoms with van der Waals surface area (Å²) in [5.41, 5.74) is 1.25. The van der Waals surface area contributed by atoms with Crippen molar-refractivity contribution in [2.24, 2.45) is 5.92 Å². The van der Waals surface area contributed by atoms with Crippen molar-refractivity contribution in [3.05, 3.63) is 69.5 Å². The minimum Gasteiger partial charge on any atom is -0.462 e. The van der Waals surface area contributed by atoms with Crippen molar-refractivity contribution in [1.82, 2.24) is 20.5 Å². The summed E-state index contributed by atoms with van der Waals surface area (Å²) < 4.78 is 4.94. The van der Waals surface area contributed by atoms with Gasteiger partial charge in [-0.05, 0) is 55.3 Å². The van der Waals surface area contributed by atoms with Crippen LogP contribution in [0.15, 0.2) is 47.6 Å². The van der Waals surface area contributed by atoms with Gasteiger partial charge in [-0.15, -0.1) is 5.10 Å². The Balaban J connectivity index is 1.57. The molecule has 1 heterocycles. The monoisotopic (exact) mass is 549 g/mol. The lowest BCUT2D eigenvalue weighted by Crippen LogP contribution is -2.32. The molecule has 0 saturated carbocycles. The minimum absolute atomic E-state index is 0.00768. The number of thioether (sulfide) groups is 1. The van der Waals surface area contributed by atoms with Crippen molar-refractivity contribution >= 4 is 58.4 Å². The summed E-state index contributed by atoms with van der Waals surface area (Å²) in [6.07, 6.45) is 0. The molecule has 0 bridgehead atoms. The SMILES string of the molecule is CCOC(=O)c1ccc(NC(=O)CSc2n[nH]c([C@H](NC(=O)c3ccc(Cl)cc3Cl)C(C)C)n2)cc1. The molecule has 0 spiro atoms. The molecule has 3 N–H and O–H groups in total. The lowest BCUT2D eigenvalue weighted by atomic mass is 10.0. The second-order valence-corrected chi connectivity index (χ2v) is 9.74. The van der Waals surface area contributed by atoms with Crippen LogP contribution in [0.5, 0.6) is 0 Å². The predicted molar refractivity (Wildman–Crippen MR) is 140 cm³/mol. The van der Waals surface area contributed by atoms with Crippen molar-refractivity contribution in [3.8, 4) is 0 Å². The zero-order valence-corrected chi connectivity index (χ0v) is 22.1. The van der Waals surface area contributed by atoms with Crippen LogP contribution in [0.3, 0.4) is 0 Å². The van der Waals surface area contributed by atoms with Crippen molar-refractivity contribution in [2.45, 2.75) is 32.0 Å². The van der Waals surface area contributed by atoms with E-state index < -0.39 is 12.0 Å². The fraction of sp³-hybridized carbons (Fsp3) is 0.292. The van der Waals surface area contributed by atoms with Crippen molar-refractivity contribution in [1.29, 1.82) is 0 Å². The van der Waals surface area contributed by atoms with Gasteiger partial charge in [0.15, 0.2) is 0 Å². The number of hydrogen-bond acceptors (Lipinski definition) is 7. The molecule has 0 aliphatic heterocycles. The van der Waals surface area contributed by atoms with E-state index in [-0.39, 0.29) is 28.5 Å². The van der Waals surface area contributed by atoms with Crippen LogP contribution in [-0.4, -0.2) is 45.3 Å². The van der Waals surface area contributed by atoms with Crippen LogP contribution in [0.2, 0.25) is 10.0 Å². The summed E-state index contributed by atoms with van der Waals surface area (Å²) in [6, 6.07) is 10.6. The standard InChI is InChI=1S/C24H25Cl2N5O4S/c1-4-35-23(34)14-5-8-16(9-6-14)27-19(32)12-36-24-29-21(30-31-24)20(13(2)3)28-22(33)17-10-7-15(25)11-18(17)26/h5-11,13,20H,4,12H2,1-3H3,(H,27,32)(H,28,33)(H,29,30,31)/t20-/m1/s1. The van der Waals surface area contributed by atoms with Crippen LogP contribution < -0.4 is 10.6 Å². The Bertz CT molecular complexity index is 1230. The Hall–Kier alpha value is -3.08. The molecule has 2 amide bonds. The molecule has 1 atom stereocenters. The molecule has 9 nitrogen and oxygen atoms in total.